The summed E-state index contributed by atoms with van der Waals surface area (Å²) < 4.78 is 79.6. The number of nitrogens with two attached hydrogens (primary N) is 1. The first kappa shape index (κ1) is 19.7. The molecule has 0 bridgehead atoms. The quantitative estimate of drug-likeness (QED) is 0.444. The third-order valence-corrected chi connectivity index (χ3v) is 4.64. The minimum absolute atomic E-state index is 0.0529. The van der Waals surface area contributed by atoms with Gasteiger partial charge >= 0.3 is 12.4 Å². The number of amides is 1. The number of nitrogens with zero attached hydrogens (tertiary/aromatic N) is 2. The Bertz CT molecular complexity index is 1290. The highest BCUT2D eigenvalue weighted by atomic mass is 19.4. The number of aromatic nitrogens is 2. The van der Waals surface area contributed by atoms with Gasteiger partial charge in [-0.2, -0.15) is 26.3 Å². The second-order valence-corrected chi connectivity index (χ2v) is 6.54. The predicted molar refractivity (Wildman–Crippen MR) is 97.1 cm³/mol. The lowest BCUT2D eigenvalue weighted by Gasteiger charge is -2.11. The lowest BCUT2D eigenvalue weighted by atomic mass is 10.1. The molecule has 4 rings (SSSR count). The van der Waals surface area contributed by atoms with Crippen molar-refractivity contribution < 1.29 is 31.1 Å². The van der Waals surface area contributed by atoms with Crippen molar-refractivity contribution in [2.45, 2.75) is 12.4 Å². The maximum absolute atomic E-state index is 13.2. The van der Waals surface area contributed by atoms with E-state index >= 15 is 0 Å². The molecule has 0 saturated carbocycles. The largest absolute Gasteiger partial charge is 0.433 e. The van der Waals surface area contributed by atoms with Crippen molar-refractivity contribution in [2.75, 3.05) is 0 Å². The Morgan fingerprint density at radius 2 is 1.47 bits per heavy atom. The van der Waals surface area contributed by atoms with Gasteiger partial charge in [0.25, 0.3) is 0 Å². The lowest BCUT2D eigenvalue weighted by Crippen LogP contribution is -2.10. The number of alkyl halides is 6. The fourth-order valence-electron chi connectivity index (χ4n) is 3.27. The SMILES string of the molecule is NC(=O)c1ccc2c(c1)c1nc(C(F)(F)F)ccc1n2-c1ccc(C(F)(F)F)cc1. The number of fused-ring (bicyclic) bond motifs is 3. The molecule has 0 aliphatic rings. The molecule has 4 nitrogen and oxygen atoms in total. The molecule has 0 unspecified atom stereocenters. The Kier molecular flexibility index (Phi) is 4.26. The van der Waals surface area contributed by atoms with Crippen LogP contribution in [0.5, 0.6) is 0 Å². The summed E-state index contributed by atoms with van der Waals surface area (Å²) in [6.45, 7) is 0. The maximum atomic E-state index is 13.2. The minimum atomic E-state index is -4.70. The molecular formula is C20H11F6N3O. The molecule has 2 N–H and O–H groups in total. The second-order valence-electron chi connectivity index (χ2n) is 6.54. The summed E-state index contributed by atoms with van der Waals surface area (Å²) >= 11 is 0. The Balaban J connectivity index is 2.04. The summed E-state index contributed by atoms with van der Waals surface area (Å²) in [6, 6.07) is 10.3. The molecule has 0 radical (unpaired) electrons. The van der Waals surface area contributed by atoms with E-state index in [0.29, 0.717) is 5.52 Å². The van der Waals surface area contributed by atoms with Gasteiger partial charge in [0, 0.05) is 16.6 Å². The summed E-state index contributed by atoms with van der Waals surface area (Å²) in [4.78, 5) is 15.2. The molecule has 0 saturated heterocycles. The van der Waals surface area contributed by atoms with Crippen molar-refractivity contribution in [3.63, 3.8) is 0 Å². The zero-order chi connectivity index (χ0) is 21.8. The van der Waals surface area contributed by atoms with Gasteiger partial charge < -0.3 is 10.3 Å². The van der Waals surface area contributed by atoms with E-state index in [4.69, 9.17) is 5.73 Å². The average Bonchev–Trinajstić information content (AvgIpc) is 2.99. The van der Waals surface area contributed by atoms with E-state index in [0.717, 1.165) is 18.2 Å². The van der Waals surface area contributed by atoms with E-state index in [-0.39, 0.29) is 27.7 Å². The third kappa shape index (κ3) is 3.23. The highest BCUT2D eigenvalue weighted by Crippen LogP contribution is 2.36. The van der Waals surface area contributed by atoms with Crippen LogP contribution in [0.2, 0.25) is 0 Å². The molecular weight excluding hydrogens is 412 g/mol. The van der Waals surface area contributed by atoms with Crippen LogP contribution in [-0.2, 0) is 12.4 Å². The molecule has 0 aliphatic heterocycles. The number of carbonyl (C=O) groups is 1. The van der Waals surface area contributed by atoms with Gasteiger partial charge in [0.05, 0.1) is 22.1 Å². The predicted octanol–water partition coefficient (Wildman–Crippen LogP) is 5.32. The van der Waals surface area contributed by atoms with Crippen LogP contribution in [0, 0.1) is 0 Å². The Morgan fingerprint density at radius 1 is 0.833 bits per heavy atom. The lowest BCUT2D eigenvalue weighted by molar-refractivity contribution is -0.141. The van der Waals surface area contributed by atoms with E-state index in [1.54, 1.807) is 0 Å². The van der Waals surface area contributed by atoms with Gasteiger partial charge in [0.1, 0.15) is 5.69 Å². The summed E-state index contributed by atoms with van der Waals surface area (Å²) in [6.07, 6.45) is -9.23. The van der Waals surface area contributed by atoms with Crippen LogP contribution in [-0.4, -0.2) is 15.5 Å². The number of hydrogen-bond donors (Lipinski definition) is 1. The number of pyridine rings is 1. The van der Waals surface area contributed by atoms with Crippen molar-refractivity contribution in [3.05, 3.63) is 71.4 Å². The maximum Gasteiger partial charge on any atom is 0.433 e. The first-order valence-electron chi connectivity index (χ1n) is 8.46. The van der Waals surface area contributed by atoms with E-state index in [9.17, 15) is 31.1 Å². The Morgan fingerprint density at radius 3 is 2.03 bits per heavy atom. The van der Waals surface area contributed by atoms with Crippen molar-refractivity contribution in [2.24, 2.45) is 5.73 Å². The van der Waals surface area contributed by atoms with Gasteiger partial charge in [0.15, 0.2) is 0 Å². The Hall–Kier alpha value is -3.56. The van der Waals surface area contributed by atoms with E-state index in [1.807, 2.05) is 0 Å². The van der Waals surface area contributed by atoms with Gasteiger partial charge in [-0.05, 0) is 54.6 Å². The molecule has 0 spiro atoms. The number of primary amides is 1. The van der Waals surface area contributed by atoms with Crippen molar-refractivity contribution in [1.29, 1.82) is 0 Å². The molecule has 1 amide bonds. The standard InChI is InChI=1S/C20H11F6N3O/c21-19(22,23)11-2-4-12(5-3-11)29-14-6-1-10(18(27)30)9-13(14)17-15(29)7-8-16(28-17)20(24,25)26/h1-9H,(H2,27,30). The van der Waals surface area contributed by atoms with Crippen LogP contribution in [0.15, 0.2) is 54.6 Å². The number of carbonyl (C=O) groups excluding carboxylic acids is 1. The molecule has 0 aliphatic carbocycles. The van der Waals surface area contributed by atoms with Gasteiger partial charge in [0.2, 0.25) is 5.91 Å². The van der Waals surface area contributed by atoms with Crippen molar-refractivity contribution in [3.8, 4) is 5.69 Å². The molecule has 10 heteroatoms. The summed E-state index contributed by atoms with van der Waals surface area (Å²) in [5, 5.41) is 0.215. The van der Waals surface area contributed by atoms with Crippen LogP contribution in [0.25, 0.3) is 27.6 Å². The van der Waals surface area contributed by atoms with Crippen molar-refractivity contribution >= 4 is 27.8 Å². The smallest absolute Gasteiger partial charge is 0.366 e. The fourth-order valence-corrected chi connectivity index (χ4v) is 3.27. The zero-order valence-corrected chi connectivity index (χ0v) is 14.8. The number of hydrogen-bond acceptors (Lipinski definition) is 2. The van der Waals surface area contributed by atoms with Gasteiger partial charge in [-0.25, -0.2) is 4.98 Å². The minimum Gasteiger partial charge on any atom is -0.366 e. The molecule has 0 fully saturated rings. The van der Waals surface area contributed by atoms with Crippen LogP contribution >= 0.6 is 0 Å². The Labute approximate surface area is 164 Å². The molecule has 2 aromatic carbocycles. The average molecular weight is 423 g/mol. The fraction of sp³-hybridized carbons (Fsp3) is 0.100. The molecule has 0 atom stereocenters. The molecule has 2 heterocycles. The first-order chi connectivity index (χ1) is 14.0. The van der Waals surface area contributed by atoms with E-state index < -0.39 is 29.5 Å². The molecule has 154 valence electrons. The van der Waals surface area contributed by atoms with Gasteiger partial charge in [-0.3, -0.25) is 4.79 Å². The number of rotatable bonds is 2. The highest BCUT2D eigenvalue weighted by molar-refractivity contribution is 6.09. The van der Waals surface area contributed by atoms with Gasteiger partial charge in [-0.15, -0.1) is 0 Å². The number of halogens is 6. The molecule has 4 aromatic rings. The zero-order valence-electron chi connectivity index (χ0n) is 14.8. The van der Waals surface area contributed by atoms with Crippen LogP contribution in [0.1, 0.15) is 21.6 Å². The summed E-state index contributed by atoms with van der Waals surface area (Å²) in [5.74, 6) is -0.778. The van der Waals surface area contributed by atoms with E-state index in [2.05, 4.69) is 4.98 Å². The van der Waals surface area contributed by atoms with Crippen LogP contribution in [0.3, 0.4) is 0 Å². The monoisotopic (exact) mass is 423 g/mol. The van der Waals surface area contributed by atoms with Gasteiger partial charge in [-0.1, -0.05) is 0 Å². The third-order valence-electron chi connectivity index (χ3n) is 4.64. The summed E-state index contributed by atoms with van der Waals surface area (Å²) in [7, 11) is 0. The second kappa shape index (κ2) is 6.48. The topological polar surface area (TPSA) is 60.9 Å². The highest BCUT2D eigenvalue weighted by Gasteiger charge is 2.33. The first-order valence-corrected chi connectivity index (χ1v) is 8.46. The molecule has 2 aromatic heterocycles. The number of benzene rings is 2. The molecule has 30 heavy (non-hydrogen) atoms. The van der Waals surface area contributed by atoms with Crippen LogP contribution < -0.4 is 5.73 Å². The normalized spacial score (nSPS) is 12.6. The summed E-state index contributed by atoms with van der Waals surface area (Å²) in [5.41, 5.74) is 4.17. The van der Waals surface area contributed by atoms with Crippen LogP contribution in [0.4, 0.5) is 26.3 Å². The van der Waals surface area contributed by atoms with E-state index in [1.165, 1.54) is 41.0 Å². The van der Waals surface area contributed by atoms with Crippen molar-refractivity contribution in [1.82, 2.24) is 9.55 Å².